The summed E-state index contributed by atoms with van der Waals surface area (Å²) in [6.07, 6.45) is 2.94. The van der Waals surface area contributed by atoms with E-state index in [1.54, 1.807) is 0 Å². The van der Waals surface area contributed by atoms with Crippen molar-refractivity contribution in [3.8, 4) is 0 Å². The maximum atomic E-state index is 5.48. The van der Waals surface area contributed by atoms with Gasteiger partial charge in [-0.2, -0.15) is 0 Å². The fourth-order valence-electron chi connectivity index (χ4n) is 1.47. The summed E-state index contributed by atoms with van der Waals surface area (Å²) in [6.45, 7) is 6.49. The van der Waals surface area contributed by atoms with Crippen LogP contribution in [0.1, 0.15) is 11.1 Å². The van der Waals surface area contributed by atoms with Crippen LogP contribution in [0.15, 0.2) is 30.8 Å². The van der Waals surface area contributed by atoms with Gasteiger partial charge < -0.3 is 10.6 Å². The summed E-state index contributed by atoms with van der Waals surface area (Å²) < 4.78 is 0. The predicted octanol–water partition coefficient (Wildman–Crippen LogP) is 1.76. The summed E-state index contributed by atoms with van der Waals surface area (Å²) >= 11 is 0. The van der Waals surface area contributed by atoms with Crippen LogP contribution >= 0.6 is 0 Å². The summed E-state index contributed by atoms with van der Waals surface area (Å²) in [6, 6.07) is 8.52. The van der Waals surface area contributed by atoms with E-state index >= 15 is 0 Å². The standard InChI is InChI=1S/C13H20N2/c1-3-12-4-6-13(7-5-12)8-10-15(2)11-9-14/h3-7H,1,8-11,14H2,2H3. The Labute approximate surface area is 92.4 Å². The highest BCUT2D eigenvalue weighted by Crippen LogP contribution is 2.06. The Morgan fingerprint density at radius 3 is 2.47 bits per heavy atom. The van der Waals surface area contributed by atoms with Gasteiger partial charge in [0.15, 0.2) is 0 Å². The van der Waals surface area contributed by atoms with Crippen molar-refractivity contribution in [2.75, 3.05) is 26.7 Å². The molecule has 82 valence electrons. The third kappa shape index (κ3) is 4.28. The second-order valence-electron chi connectivity index (χ2n) is 3.79. The number of hydrogen-bond acceptors (Lipinski definition) is 2. The summed E-state index contributed by atoms with van der Waals surface area (Å²) in [7, 11) is 2.10. The Kier molecular flexibility index (Phi) is 5.08. The molecule has 1 aromatic rings. The maximum absolute atomic E-state index is 5.48. The number of nitrogens with two attached hydrogens (primary N) is 1. The molecular weight excluding hydrogens is 184 g/mol. The molecule has 0 fully saturated rings. The zero-order chi connectivity index (χ0) is 11.1. The molecule has 2 heteroatoms. The Morgan fingerprint density at radius 1 is 1.27 bits per heavy atom. The van der Waals surface area contributed by atoms with Gasteiger partial charge in [-0.3, -0.25) is 0 Å². The molecule has 0 saturated heterocycles. The van der Waals surface area contributed by atoms with Crippen molar-refractivity contribution >= 4 is 6.08 Å². The molecule has 1 aromatic carbocycles. The van der Waals surface area contributed by atoms with Crippen LogP contribution in [0.2, 0.25) is 0 Å². The van der Waals surface area contributed by atoms with Gasteiger partial charge >= 0.3 is 0 Å². The van der Waals surface area contributed by atoms with Crippen LogP contribution in [-0.4, -0.2) is 31.6 Å². The van der Waals surface area contributed by atoms with Crippen LogP contribution in [0.5, 0.6) is 0 Å². The van der Waals surface area contributed by atoms with Gasteiger partial charge in [-0.1, -0.05) is 36.9 Å². The van der Waals surface area contributed by atoms with Gasteiger partial charge in [0, 0.05) is 19.6 Å². The first-order chi connectivity index (χ1) is 7.26. The van der Waals surface area contributed by atoms with Crippen molar-refractivity contribution in [2.24, 2.45) is 5.73 Å². The molecule has 0 heterocycles. The molecule has 2 nitrogen and oxygen atoms in total. The highest BCUT2D eigenvalue weighted by molar-refractivity contribution is 5.47. The number of hydrogen-bond donors (Lipinski definition) is 1. The molecule has 0 aliphatic heterocycles. The van der Waals surface area contributed by atoms with E-state index in [1.807, 2.05) is 6.08 Å². The smallest absolute Gasteiger partial charge is 0.0102 e. The molecule has 0 atom stereocenters. The summed E-state index contributed by atoms with van der Waals surface area (Å²) in [5.41, 5.74) is 8.02. The van der Waals surface area contributed by atoms with Crippen LogP contribution in [0.4, 0.5) is 0 Å². The lowest BCUT2D eigenvalue weighted by Crippen LogP contribution is -2.27. The van der Waals surface area contributed by atoms with Crippen molar-refractivity contribution in [1.82, 2.24) is 4.90 Å². The molecular formula is C13H20N2. The van der Waals surface area contributed by atoms with Crippen LogP contribution < -0.4 is 5.73 Å². The number of likely N-dealkylation sites (N-methyl/N-ethyl adjacent to an activating group) is 1. The van der Waals surface area contributed by atoms with Crippen LogP contribution in [0.3, 0.4) is 0 Å². The molecule has 0 aliphatic carbocycles. The van der Waals surface area contributed by atoms with Crippen molar-refractivity contribution in [3.05, 3.63) is 42.0 Å². The molecule has 0 aromatic heterocycles. The average Bonchev–Trinajstić information content (AvgIpc) is 2.27. The summed E-state index contributed by atoms with van der Waals surface area (Å²) in [4.78, 5) is 2.25. The fraction of sp³-hybridized carbons (Fsp3) is 0.385. The Morgan fingerprint density at radius 2 is 1.93 bits per heavy atom. The first-order valence-electron chi connectivity index (χ1n) is 5.36. The zero-order valence-corrected chi connectivity index (χ0v) is 9.45. The molecule has 0 radical (unpaired) electrons. The summed E-state index contributed by atoms with van der Waals surface area (Å²) in [5, 5.41) is 0. The van der Waals surface area contributed by atoms with Gasteiger partial charge in [0.2, 0.25) is 0 Å². The molecule has 15 heavy (non-hydrogen) atoms. The number of rotatable bonds is 6. The topological polar surface area (TPSA) is 29.3 Å². The lowest BCUT2D eigenvalue weighted by Gasteiger charge is -2.14. The third-order valence-electron chi connectivity index (χ3n) is 2.51. The van der Waals surface area contributed by atoms with Crippen LogP contribution in [0.25, 0.3) is 6.08 Å². The van der Waals surface area contributed by atoms with E-state index in [9.17, 15) is 0 Å². The predicted molar refractivity (Wildman–Crippen MR) is 66.8 cm³/mol. The minimum atomic E-state index is 0.728. The van der Waals surface area contributed by atoms with Gasteiger partial charge in [-0.25, -0.2) is 0 Å². The van der Waals surface area contributed by atoms with Crippen molar-refractivity contribution < 1.29 is 0 Å². The van der Waals surface area contributed by atoms with E-state index in [4.69, 9.17) is 5.73 Å². The van der Waals surface area contributed by atoms with E-state index in [1.165, 1.54) is 11.1 Å². The Bertz CT molecular complexity index is 290. The van der Waals surface area contributed by atoms with E-state index in [-0.39, 0.29) is 0 Å². The quantitative estimate of drug-likeness (QED) is 0.765. The minimum Gasteiger partial charge on any atom is -0.329 e. The van der Waals surface area contributed by atoms with Gasteiger partial charge in [0.1, 0.15) is 0 Å². The molecule has 2 N–H and O–H groups in total. The van der Waals surface area contributed by atoms with Crippen molar-refractivity contribution in [2.45, 2.75) is 6.42 Å². The van der Waals surface area contributed by atoms with Crippen LogP contribution in [-0.2, 0) is 6.42 Å². The van der Waals surface area contributed by atoms with Gasteiger partial charge in [-0.15, -0.1) is 0 Å². The van der Waals surface area contributed by atoms with Gasteiger partial charge in [-0.05, 0) is 24.6 Å². The lowest BCUT2D eigenvalue weighted by atomic mass is 10.1. The molecule has 0 unspecified atom stereocenters. The minimum absolute atomic E-state index is 0.728. The molecule has 0 saturated carbocycles. The maximum Gasteiger partial charge on any atom is 0.0102 e. The van der Waals surface area contributed by atoms with E-state index in [0.717, 1.165) is 26.1 Å². The van der Waals surface area contributed by atoms with Gasteiger partial charge in [0.05, 0.1) is 0 Å². The number of nitrogens with zero attached hydrogens (tertiary/aromatic N) is 1. The molecule has 0 aliphatic rings. The molecule has 0 bridgehead atoms. The van der Waals surface area contributed by atoms with Crippen molar-refractivity contribution in [1.29, 1.82) is 0 Å². The first-order valence-corrected chi connectivity index (χ1v) is 5.36. The second kappa shape index (κ2) is 6.38. The highest BCUT2D eigenvalue weighted by Gasteiger charge is 1.97. The van der Waals surface area contributed by atoms with Crippen molar-refractivity contribution in [3.63, 3.8) is 0 Å². The lowest BCUT2D eigenvalue weighted by molar-refractivity contribution is 0.348. The van der Waals surface area contributed by atoms with E-state index < -0.39 is 0 Å². The molecule has 0 amide bonds. The summed E-state index contributed by atoms with van der Waals surface area (Å²) in [5.74, 6) is 0. The normalized spacial score (nSPS) is 10.6. The SMILES string of the molecule is C=Cc1ccc(CCN(C)CCN)cc1. The molecule has 1 rings (SSSR count). The first kappa shape index (κ1) is 12.0. The van der Waals surface area contributed by atoms with E-state index in [2.05, 4.69) is 42.8 Å². The molecule has 0 spiro atoms. The third-order valence-corrected chi connectivity index (χ3v) is 2.51. The Hall–Kier alpha value is -1.12. The second-order valence-corrected chi connectivity index (χ2v) is 3.79. The Balaban J connectivity index is 2.40. The number of benzene rings is 1. The van der Waals surface area contributed by atoms with Crippen LogP contribution in [0, 0.1) is 0 Å². The fourth-order valence-corrected chi connectivity index (χ4v) is 1.47. The highest BCUT2D eigenvalue weighted by atomic mass is 15.1. The average molecular weight is 204 g/mol. The monoisotopic (exact) mass is 204 g/mol. The zero-order valence-electron chi connectivity index (χ0n) is 9.45. The van der Waals surface area contributed by atoms with E-state index in [0.29, 0.717) is 0 Å². The largest absolute Gasteiger partial charge is 0.329 e. The van der Waals surface area contributed by atoms with Gasteiger partial charge in [0.25, 0.3) is 0 Å².